The lowest BCUT2D eigenvalue weighted by molar-refractivity contribution is -0.195. The molecule has 208 valence electrons. The molecule has 0 atom stereocenters. The van der Waals surface area contributed by atoms with Crippen LogP contribution in [0.5, 0.6) is 0 Å². The Kier molecular flexibility index (Phi) is 16.5. The molecule has 2 aromatic rings. The molecule has 0 heterocycles. The summed E-state index contributed by atoms with van der Waals surface area (Å²) in [5, 5.41) is 4.45. The fourth-order valence-corrected chi connectivity index (χ4v) is 4.47. The number of carbonyl (C=O) groups is 3. The molecule has 0 aromatic heterocycles. The second kappa shape index (κ2) is 20.0. The van der Waals surface area contributed by atoms with Gasteiger partial charge in [-0.3, -0.25) is 9.59 Å². The highest BCUT2D eigenvalue weighted by Crippen LogP contribution is 2.14. The van der Waals surface area contributed by atoms with Gasteiger partial charge in [0.25, 0.3) is 5.91 Å². The first-order chi connectivity index (χ1) is 18.6. The molecule has 2 aromatic carbocycles. The van der Waals surface area contributed by atoms with Crippen LogP contribution in [-0.2, 0) is 27.5 Å². The molecule has 38 heavy (non-hydrogen) atoms. The Morgan fingerprint density at radius 3 is 1.74 bits per heavy atom. The highest BCUT2D eigenvalue weighted by molar-refractivity contribution is 6.20. The largest absolute Gasteiger partial charge is 0.390 e. The fourth-order valence-electron chi connectivity index (χ4n) is 4.47. The van der Waals surface area contributed by atoms with Crippen molar-refractivity contribution in [3.63, 3.8) is 0 Å². The first-order valence-corrected chi connectivity index (χ1v) is 14.5. The van der Waals surface area contributed by atoms with Crippen molar-refractivity contribution in [2.75, 3.05) is 6.54 Å². The van der Waals surface area contributed by atoms with Crippen LogP contribution < -0.4 is 5.32 Å². The molecule has 0 radical (unpaired) electrons. The molecule has 0 aliphatic carbocycles. The Morgan fingerprint density at radius 1 is 0.711 bits per heavy atom. The van der Waals surface area contributed by atoms with Gasteiger partial charge in [0.2, 0.25) is 6.29 Å². The molecule has 0 fully saturated rings. The van der Waals surface area contributed by atoms with E-state index in [1.54, 1.807) is 12.1 Å². The Bertz CT molecular complexity index is 915. The van der Waals surface area contributed by atoms with E-state index in [0.29, 0.717) is 25.2 Å². The number of amides is 1. The lowest BCUT2D eigenvalue weighted by Gasteiger charge is -2.20. The van der Waals surface area contributed by atoms with Crippen LogP contribution in [0.4, 0.5) is 0 Å². The van der Waals surface area contributed by atoms with Gasteiger partial charge in [-0.25, -0.2) is 4.79 Å². The van der Waals surface area contributed by atoms with Crippen molar-refractivity contribution in [1.29, 1.82) is 0 Å². The third-order valence-electron chi connectivity index (χ3n) is 6.66. The standard InChI is InChI=1S/C32H46N2O4/c1-2-3-4-5-6-7-8-9-10-11-12-13-17-24-33-32(37)30-22-20-29(21-23-30)26-34(38-31(36)27-35)25-28-18-15-14-16-19-28/h14-16,18-23,27H,2-13,17,24-26H2,1H3,(H,33,37). The Labute approximate surface area is 229 Å². The molecule has 0 aliphatic heterocycles. The van der Waals surface area contributed by atoms with E-state index < -0.39 is 5.97 Å². The maximum Gasteiger partial charge on any atom is 0.390 e. The van der Waals surface area contributed by atoms with Gasteiger partial charge in [0.05, 0.1) is 13.1 Å². The first kappa shape index (κ1) is 31.2. The molecule has 0 saturated heterocycles. The minimum Gasteiger partial charge on any atom is -0.361 e. The second-order valence-electron chi connectivity index (χ2n) is 10.0. The summed E-state index contributed by atoms with van der Waals surface area (Å²) < 4.78 is 0. The van der Waals surface area contributed by atoms with Crippen LogP contribution >= 0.6 is 0 Å². The predicted octanol–water partition coefficient (Wildman–Crippen LogP) is 7.17. The van der Waals surface area contributed by atoms with Crippen molar-refractivity contribution >= 4 is 18.2 Å². The lowest BCUT2D eigenvalue weighted by atomic mass is 10.0. The van der Waals surface area contributed by atoms with E-state index in [1.165, 1.54) is 75.7 Å². The van der Waals surface area contributed by atoms with Crippen molar-refractivity contribution in [2.45, 2.75) is 103 Å². The van der Waals surface area contributed by atoms with Gasteiger partial charge in [0.15, 0.2) is 0 Å². The van der Waals surface area contributed by atoms with E-state index in [1.807, 2.05) is 42.5 Å². The topological polar surface area (TPSA) is 75.7 Å². The SMILES string of the molecule is CCCCCCCCCCCCCCCNC(=O)c1ccc(CN(Cc2ccccc2)OC(=O)C=O)cc1. The number of nitrogens with zero attached hydrogens (tertiary/aromatic N) is 1. The van der Waals surface area contributed by atoms with Gasteiger partial charge < -0.3 is 10.2 Å². The minimum absolute atomic E-state index is 0.0796. The first-order valence-electron chi connectivity index (χ1n) is 14.5. The molecule has 6 nitrogen and oxygen atoms in total. The highest BCUT2D eigenvalue weighted by Gasteiger charge is 2.13. The molecule has 6 heteroatoms. The van der Waals surface area contributed by atoms with E-state index in [4.69, 9.17) is 4.84 Å². The summed E-state index contributed by atoms with van der Waals surface area (Å²) >= 11 is 0. The van der Waals surface area contributed by atoms with Gasteiger partial charge in [0.1, 0.15) is 0 Å². The number of aldehydes is 1. The molecule has 0 unspecified atom stereocenters. The number of hydrogen-bond donors (Lipinski definition) is 1. The average Bonchev–Trinajstić information content (AvgIpc) is 2.94. The summed E-state index contributed by atoms with van der Waals surface area (Å²) in [6.45, 7) is 3.60. The number of hydrogen-bond acceptors (Lipinski definition) is 5. The molecular weight excluding hydrogens is 476 g/mol. The number of carbonyl (C=O) groups excluding carboxylic acids is 3. The van der Waals surface area contributed by atoms with Gasteiger partial charge in [-0.1, -0.05) is 126 Å². The zero-order valence-electron chi connectivity index (χ0n) is 23.2. The lowest BCUT2D eigenvalue weighted by Crippen LogP contribution is -2.27. The van der Waals surface area contributed by atoms with Crippen LogP contribution in [0, 0.1) is 0 Å². The number of unbranched alkanes of at least 4 members (excludes halogenated alkanes) is 12. The quantitative estimate of drug-likeness (QED) is 0.0814. The van der Waals surface area contributed by atoms with Gasteiger partial charge in [0, 0.05) is 12.1 Å². The molecule has 0 aliphatic rings. The maximum atomic E-state index is 12.5. The van der Waals surface area contributed by atoms with E-state index >= 15 is 0 Å². The van der Waals surface area contributed by atoms with Crippen molar-refractivity contribution in [3.8, 4) is 0 Å². The number of rotatable bonds is 21. The van der Waals surface area contributed by atoms with Gasteiger partial charge in [-0.05, 0) is 29.7 Å². The summed E-state index contributed by atoms with van der Waals surface area (Å²) in [5.41, 5.74) is 2.42. The number of nitrogens with one attached hydrogen (secondary N) is 1. The zero-order valence-corrected chi connectivity index (χ0v) is 23.2. The Morgan fingerprint density at radius 2 is 1.21 bits per heavy atom. The van der Waals surface area contributed by atoms with Crippen LogP contribution in [-0.4, -0.2) is 29.8 Å². The summed E-state index contributed by atoms with van der Waals surface area (Å²) in [6, 6.07) is 16.8. The normalized spacial score (nSPS) is 10.9. The Balaban J connectivity index is 1.61. The van der Waals surface area contributed by atoms with E-state index in [9.17, 15) is 14.4 Å². The van der Waals surface area contributed by atoms with E-state index in [2.05, 4.69) is 12.2 Å². The molecule has 2 rings (SSSR count). The third kappa shape index (κ3) is 14.1. The van der Waals surface area contributed by atoms with Crippen molar-refractivity contribution < 1.29 is 19.2 Å². The minimum atomic E-state index is -0.940. The Hall–Kier alpha value is -2.99. The zero-order chi connectivity index (χ0) is 27.3. The number of hydroxylamine groups is 2. The molecule has 0 saturated carbocycles. The van der Waals surface area contributed by atoms with Crippen LogP contribution in [0.25, 0.3) is 0 Å². The van der Waals surface area contributed by atoms with Crippen LogP contribution in [0.1, 0.15) is 112 Å². The molecule has 0 bridgehead atoms. The average molecular weight is 523 g/mol. The summed E-state index contributed by atoms with van der Waals surface area (Å²) in [6.07, 6.45) is 17.1. The highest BCUT2D eigenvalue weighted by atomic mass is 16.7. The molecule has 0 spiro atoms. The van der Waals surface area contributed by atoms with Crippen LogP contribution in [0.2, 0.25) is 0 Å². The third-order valence-corrected chi connectivity index (χ3v) is 6.66. The van der Waals surface area contributed by atoms with Gasteiger partial charge >= 0.3 is 5.97 Å². The second-order valence-corrected chi connectivity index (χ2v) is 10.0. The monoisotopic (exact) mass is 522 g/mol. The van der Waals surface area contributed by atoms with E-state index in [0.717, 1.165) is 24.0 Å². The molecule has 1 N–H and O–H groups in total. The van der Waals surface area contributed by atoms with Crippen molar-refractivity contribution in [1.82, 2.24) is 10.4 Å². The summed E-state index contributed by atoms with van der Waals surface area (Å²) in [4.78, 5) is 40.0. The number of benzene rings is 2. The van der Waals surface area contributed by atoms with Crippen LogP contribution in [0.3, 0.4) is 0 Å². The van der Waals surface area contributed by atoms with Crippen molar-refractivity contribution in [3.05, 3.63) is 71.3 Å². The van der Waals surface area contributed by atoms with Crippen LogP contribution in [0.15, 0.2) is 54.6 Å². The maximum absolute atomic E-state index is 12.5. The summed E-state index contributed by atoms with van der Waals surface area (Å²) in [5.74, 6) is -1.02. The fraction of sp³-hybridized carbons (Fsp3) is 0.531. The molecular formula is C32H46N2O4. The van der Waals surface area contributed by atoms with Gasteiger partial charge in [-0.15, -0.1) is 5.06 Å². The molecule has 1 amide bonds. The summed E-state index contributed by atoms with van der Waals surface area (Å²) in [7, 11) is 0. The smallest absolute Gasteiger partial charge is 0.361 e. The van der Waals surface area contributed by atoms with Crippen molar-refractivity contribution in [2.24, 2.45) is 0 Å². The van der Waals surface area contributed by atoms with E-state index in [-0.39, 0.29) is 12.2 Å². The predicted molar refractivity (Wildman–Crippen MR) is 152 cm³/mol. The van der Waals surface area contributed by atoms with Gasteiger partial charge in [-0.2, -0.15) is 0 Å².